The Morgan fingerprint density at radius 2 is 1.93 bits per heavy atom. The first-order chi connectivity index (χ1) is 6.83. The van der Waals surface area contributed by atoms with Gasteiger partial charge in [0.15, 0.2) is 0 Å². The lowest BCUT2D eigenvalue weighted by Gasteiger charge is -2.01. The van der Waals surface area contributed by atoms with Gasteiger partial charge in [0, 0.05) is 10.4 Å². The predicted molar refractivity (Wildman–Crippen MR) is 63.7 cm³/mol. The van der Waals surface area contributed by atoms with Crippen molar-refractivity contribution in [3.63, 3.8) is 0 Å². The van der Waals surface area contributed by atoms with Crippen molar-refractivity contribution in [1.29, 1.82) is 0 Å². The van der Waals surface area contributed by atoms with Crippen molar-refractivity contribution in [2.75, 3.05) is 12.5 Å². The fourth-order valence-corrected chi connectivity index (χ4v) is 1.35. The second-order valence-corrected chi connectivity index (χ2v) is 3.99. The van der Waals surface area contributed by atoms with Gasteiger partial charge in [-0.05, 0) is 17.7 Å². The topological polar surface area (TPSA) is 9.23 Å². The van der Waals surface area contributed by atoms with E-state index in [1.165, 1.54) is 5.56 Å². The Morgan fingerprint density at radius 3 is 2.57 bits per heavy atom. The molecule has 0 fully saturated rings. The van der Waals surface area contributed by atoms with Crippen LogP contribution in [-0.4, -0.2) is 12.5 Å². The number of allylic oxidation sites excluding steroid dienone is 1. The fraction of sp³-hybridized carbons (Fsp3) is 0.273. The van der Waals surface area contributed by atoms with Gasteiger partial charge in [-0.2, -0.15) is 0 Å². The highest BCUT2D eigenvalue weighted by molar-refractivity contribution is 9.10. The number of benzene rings is 1. The Hall–Kier alpha value is -0.310. The standard InChI is InChI=1S/C11H12BrClO/c12-11-5-3-10(4-6-11)9-14-8-2-1-7-13/h1-6H,7-9H2/b2-1+. The number of alkyl halides is 1. The quantitative estimate of drug-likeness (QED) is 0.452. The average Bonchev–Trinajstić information content (AvgIpc) is 2.21. The maximum Gasteiger partial charge on any atom is 0.0721 e. The molecule has 0 bridgehead atoms. The molecule has 0 aromatic heterocycles. The highest BCUT2D eigenvalue weighted by Crippen LogP contribution is 2.10. The zero-order valence-electron chi connectivity index (χ0n) is 7.75. The van der Waals surface area contributed by atoms with Crippen molar-refractivity contribution < 1.29 is 4.74 Å². The summed E-state index contributed by atoms with van der Waals surface area (Å²) < 4.78 is 6.49. The number of rotatable bonds is 5. The number of hydrogen-bond acceptors (Lipinski definition) is 1. The molecule has 1 aromatic rings. The zero-order chi connectivity index (χ0) is 10.2. The van der Waals surface area contributed by atoms with E-state index in [2.05, 4.69) is 15.9 Å². The summed E-state index contributed by atoms with van der Waals surface area (Å²) in [7, 11) is 0. The highest BCUT2D eigenvalue weighted by Gasteiger charge is 1.91. The monoisotopic (exact) mass is 274 g/mol. The molecule has 76 valence electrons. The predicted octanol–water partition coefficient (Wildman–Crippen LogP) is 3.76. The van der Waals surface area contributed by atoms with E-state index in [0.29, 0.717) is 19.1 Å². The van der Waals surface area contributed by atoms with Gasteiger partial charge in [0.05, 0.1) is 13.2 Å². The third-order valence-corrected chi connectivity index (χ3v) is 2.36. The van der Waals surface area contributed by atoms with Gasteiger partial charge in [-0.15, -0.1) is 11.6 Å². The molecule has 0 saturated heterocycles. The fourth-order valence-electron chi connectivity index (χ4n) is 0.956. The van der Waals surface area contributed by atoms with Gasteiger partial charge in [-0.25, -0.2) is 0 Å². The molecule has 0 saturated carbocycles. The Balaban J connectivity index is 2.25. The molecule has 0 unspecified atom stereocenters. The first-order valence-corrected chi connectivity index (χ1v) is 5.69. The van der Waals surface area contributed by atoms with Crippen LogP contribution in [-0.2, 0) is 11.3 Å². The molecular formula is C11H12BrClO. The molecule has 3 heteroatoms. The van der Waals surface area contributed by atoms with Crippen LogP contribution in [0.5, 0.6) is 0 Å². The molecule has 0 heterocycles. The van der Waals surface area contributed by atoms with E-state index >= 15 is 0 Å². The van der Waals surface area contributed by atoms with Crippen LogP contribution in [0, 0.1) is 0 Å². The van der Waals surface area contributed by atoms with Crippen molar-refractivity contribution >= 4 is 27.5 Å². The Kier molecular flexibility index (Phi) is 5.92. The van der Waals surface area contributed by atoms with Crippen LogP contribution in [0.4, 0.5) is 0 Å². The SMILES string of the molecule is ClC/C=C/COCc1ccc(Br)cc1. The molecule has 1 aromatic carbocycles. The summed E-state index contributed by atoms with van der Waals surface area (Å²) in [4.78, 5) is 0. The first kappa shape index (κ1) is 11.8. The van der Waals surface area contributed by atoms with Crippen LogP contribution in [0.25, 0.3) is 0 Å². The Labute approximate surface area is 97.9 Å². The number of halogens is 2. The van der Waals surface area contributed by atoms with E-state index in [9.17, 15) is 0 Å². The van der Waals surface area contributed by atoms with Gasteiger partial charge in [-0.1, -0.05) is 40.2 Å². The molecule has 0 radical (unpaired) electrons. The third kappa shape index (κ3) is 4.80. The highest BCUT2D eigenvalue weighted by atomic mass is 79.9. The lowest BCUT2D eigenvalue weighted by Crippen LogP contribution is -1.92. The lowest BCUT2D eigenvalue weighted by atomic mass is 10.2. The normalized spacial score (nSPS) is 11.0. The Bertz CT molecular complexity index is 282. The summed E-state index contributed by atoms with van der Waals surface area (Å²) in [5.74, 6) is 0.543. The van der Waals surface area contributed by atoms with Gasteiger partial charge in [-0.3, -0.25) is 0 Å². The maximum absolute atomic E-state index is 5.47. The Morgan fingerprint density at radius 1 is 1.21 bits per heavy atom. The van der Waals surface area contributed by atoms with Gasteiger partial charge in [0.25, 0.3) is 0 Å². The summed E-state index contributed by atoms with van der Waals surface area (Å²) >= 11 is 8.85. The van der Waals surface area contributed by atoms with Gasteiger partial charge in [0.2, 0.25) is 0 Å². The summed E-state index contributed by atoms with van der Waals surface area (Å²) in [6, 6.07) is 8.09. The summed E-state index contributed by atoms with van der Waals surface area (Å²) in [6.07, 6.45) is 3.80. The second kappa shape index (κ2) is 7.04. The molecule has 0 aliphatic rings. The summed E-state index contributed by atoms with van der Waals surface area (Å²) in [5, 5.41) is 0. The minimum absolute atomic E-state index is 0.543. The average molecular weight is 276 g/mol. The number of ether oxygens (including phenoxy) is 1. The van der Waals surface area contributed by atoms with Crippen molar-refractivity contribution in [1.82, 2.24) is 0 Å². The van der Waals surface area contributed by atoms with Crippen LogP contribution in [0.15, 0.2) is 40.9 Å². The number of hydrogen-bond donors (Lipinski definition) is 0. The molecule has 0 N–H and O–H groups in total. The lowest BCUT2D eigenvalue weighted by molar-refractivity contribution is 0.148. The van der Waals surface area contributed by atoms with Gasteiger partial charge < -0.3 is 4.74 Å². The van der Waals surface area contributed by atoms with Crippen molar-refractivity contribution in [3.05, 3.63) is 46.5 Å². The largest absolute Gasteiger partial charge is 0.373 e. The minimum Gasteiger partial charge on any atom is -0.373 e. The van der Waals surface area contributed by atoms with Crippen LogP contribution >= 0.6 is 27.5 Å². The van der Waals surface area contributed by atoms with Crippen LogP contribution in [0.1, 0.15) is 5.56 Å². The molecule has 14 heavy (non-hydrogen) atoms. The molecule has 0 spiro atoms. The third-order valence-electron chi connectivity index (χ3n) is 1.65. The molecule has 0 aliphatic carbocycles. The van der Waals surface area contributed by atoms with E-state index in [-0.39, 0.29) is 0 Å². The molecule has 0 atom stereocenters. The molecule has 0 amide bonds. The molecule has 0 aliphatic heterocycles. The van der Waals surface area contributed by atoms with E-state index in [0.717, 1.165) is 4.47 Å². The van der Waals surface area contributed by atoms with E-state index in [1.807, 2.05) is 36.4 Å². The van der Waals surface area contributed by atoms with Gasteiger partial charge >= 0.3 is 0 Å². The maximum atomic E-state index is 5.47. The van der Waals surface area contributed by atoms with Crippen molar-refractivity contribution in [2.24, 2.45) is 0 Å². The molecule has 1 rings (SSSR count). The van der Waals surface area contributed by atoms with E-state index in [1.54, 1.807) is 0 Å². The summed E-state index contributed by atoms with van der Waals surface area (Å²) in [6.45, 7) is 1.25. The van der Waals surface area contributed by atoms with Crippen LogP contribution in [0.3, 0.4) is 0 Å². The second-order valence-electron chi connectivity index (χ2n) is 2.77. The molecule has 1 nitrogen and oxygen atoms in total. The molecular weight excluding hydrogens is 263 g/mol. The van der Waals surface area contributed by atoms with E-state index in [4.69, 9.17) is 16.3 Å². The summed E-state index contributed by atoms with van der Waals surface area (Å²) in [5.41, 5.74) is 1.17. The first-order valence-electron chi connectivity index (χ1n) is 4.36. The van der Waals surface area contributed by atoms with Crippen LogP contribution < -0.4 is 0 Å². The zero-order valence-corrected chi connectivity index (χ0v) is 10.1. The van der Waals surface area contributed by atoms with Gasteiger partial charge in [0.1, 0.15) is 0 Å². The van der Waals surface area contributed by atoms with Crippen LogP contribution in [0.2, 0.25) is 0 Å². The smallest absolute Gasteiger partial charge is 0.0721 e. The van der Waals surface area contributed by atoms with Crippen molar-refractivity contribution in [2.45, 2.75) is 6.61 Å². The van der Waals surface area contributed by atoms with Crippen molar-refractivity contribution in [3.8, 4) is 0 Å². The minimum atomic E-state index is 0.543. The van der Waals surface area contributed by atoms with E-state index < -0.39 is 0 Å².